The Morgan fingerprint density at radius 1 is 1.09 bits per heavy atom. The molecule has 2 N–H and O–H groups in total. The maximum absolute atomic E-state index is 13.1. The lowest BCUT2D eigenvalue weighted by atomic mass is 9.81. The summed E-state index contributed by atoms with van der Waals surface area (Å²) in [7, 11) is 0. The van der Waals surface area contributed by atoms with Crippen molar-refractivity contribution in [2.75, 3.05) is 6.54 Å². The molecule has 1 fully saturated rings. The first-order valence-electron chi connectivity index (χ1n) is 11.5. The van der Waals surface area contributed by atoms with E-state index in [0.717, 1.165) is 54.9 Å². The van der Waals surface area contributed by atoms with Crippen LogP contribution in [0, 0.1) is 12.8 Å². The molecule has 8 heteroatoms. The van der Waals surface area contributed by atoms with Crippen molar-refractivity contribution >= 4 is 6.09 Å². The largest absolute Gasteiger partial charge is 0.445 e. The summed E-state index contributed by atoms with van der Waals surface area (Å²) in [5.41, 5.74) is 2.05. The van der Waals surface area contributed by atoms with Gasteiger partial charge in [0.25, 0.3) is 0 Å². The van der Waals surface area contributed by atoms with E-state index in [2.05, 4.69) is 15.3 Å². The number of ether oxygens (including phenoxy) is 1. The molecular weight excluding hydrogens is 443 g/mol. The molecule has 3 aromatic rings. The van der Waals surface area contributed by atoms with Crippen LogP contribution in [0.3, 0.4) is 0 Å². The average Bonchev–Trinajstić information content (AvgIpc) is 3.23. The molecule has 34 heavy (non-hydrogen) atoms. The number of imidazole rings is 1. The summed E-state index contributed by atoms with van der Waals surface area (Å²) in [6.07, 6.45) is -1.13. The van der Waals surface area contributed by atoms with Crippen molar-refractivity contribution in [1.29, 1.82) is 0 Å². The first-order chi connectivity index (χ1) is 16.3. The van der Waals surface area contributed by atoms with Crippen LogP contribution in [0.15, 0.2) is 54.6 Å². The van der Waals surface area contributed by atoms with Gasteiger partial charge in [0.2, 0.25) is 0 Å². The number of carbonyl (C=O) groups excluding carboxylic acids is 1. The van der Waals surface area contributed by atoms with Gasteiger partial charge in [-0.3, -0.25) is 0 Å². The van der Waals surface area contributed by atoms with Gasteiger partial charge in [-0.2, -0.15) is 13.2 Å². The molecule has 0 atom stereocenters. The second-order valence-corrected chi connectivity index (χ2v) is 8.83. The first-order valence-corrected chi connectivity index (χ1v) is 11.5. The molecule has 180 valence electrons. The third kappa shape index (κ3) is 5.98. The van der Waals surface area contributed by atoms with Crippen molar-refractivity contribution in [2.45, 2.75) is 51.3 Å². The molecule has 0 saturated heterocycles. The maximum Gasteiger partial charge on any atom is 0.416 e. The van der Waals surface area contributed by atoms with Crippen LogP contribution < -0.4 is 5.32 Å². The van der Waals surface area contributed by atoms with Crippen molar-refractivity contribution < 1.29 is 22.7 Å². The van der Waals surface area contributed by atoms with Crippen molar-refractivity contribution in [1.82, 2.24) is 15.3 Å². The quantitative estimate of drug-likeness (QED) is 0.425. The number of aryl methyl sites for hydroxylation is 1. The Morgan fingerprint density at radius 2 is 1.82 bits per heavy atom. The van der Waals surface area contributed by atoms with E-state index in [1.165, 1.54) is 6.07 Å². The topological polar surface area (TPSA) is 67.0 Å². The molecule has 1 aliphatic carbocycles. The summed E-state index contributed by atoms with van der Waals surface area (Å²) < 4.78 is 44.5. The van der Waals surface area contributed by atoms with Crippen molar-refractivity contribution in [3.63, 3.8) is 0 Å². The van der Waals surface area contributed by atoms with Crippen LogP contribution in [0.4, 0.5) is 18.0 Å². The zero-order valence-corrected chi connectivity index (χ0v) is 19.0. The minimum atomic E-state index is -4.39. The van der Waals surface area contributed by atoms with E-state index in [1.807, 2.05) is 37.3 Å². The number of rotatable bonds is 6. The van der Waals surface area contributed by atoms with Crippen LogP contribution in [0.25, 0.3) is 11.3 Å². The number of nitrogens with one attached hydrogen (secondary N) is 2. The highest BCUT2D eigenvalue weighted by atomic mass is 19.4. The number of H-pyrrole nitrogens is 1. The van der Waals surface area contributed by atoms with Gasteiger partial charge in [-0.25, -0.2) is 9.78 Å². The van der Waals surface area contributed by atoms with Crippen molar-refractivity contribution in [3.8, 4) is 11.3 Å². The second kappa shape index (κ2) is 10.3. The molecule has 1 heterocycles. The molecule has 1 saturated carbocycles. The number of nitrogens with zero attached hydrogens (tertiary/aromatic N) is 1. The Balaban J connectivity index is 1.28. The number of aromatic nitrogens is 2. The van der Waals surface area contributed by atoms with E-state index in [0.29, 0.717) is 23.7 Å². The molecule has 4 rings (SSSR count). The van der Waals surface area contributed by atoms with Gasteiger partial charge in [0, 0.05) is 23.7 Å². The second-order valence-electron chi connectivity index (χ2n) is 8.83. The number of alkyl carbamates (subject to hydrolysis) is 1. The molecule has 0 radical (unpaired) electrons. The van der Waals surface area contributed by atoms with E-state index in [4.69, 9.17) is 4.74 Å². The lowest BCUT2D eigenvalue weighted by molar-refractivity contribution is -0.137. The minimum absolute atomic E-state index is 0.222. The number of hydrogen-bond acceptors (Lipinski definition) is 3. The fourth-order valence-electron chi connectivity index (χ4n) is 4.44. The van der Waals surface area contributed by atoms with E-state index < -0.39 is 17.8 Å². The van der Waals surface area contributed by atoms with E-state index >= 15 is 0 Å². The fraction of sp³-hybridized carbons (Fsp3) is 0.385. The van der Waals surface area contributed by atoms with Gasteiger partial charge >= 0.3 is 12.3 Å². The molecular formula is C26H28F3N3O2. The molecule has 0 aliphatic heterocycles. The summed E-state index contributed by atoms with van der Waals surface area (Å²) in [6.45, 7) is 2.64. The minimum Gasteiger partial charge on any atom is -0.445 e. The van der Waals surface area contributed by atoms with Crippen LogP contribution in [0.5, 0.6) is 0 Å². The van der Waals surface area contributed by atoms with Crippen LogP contribution >= 0.6 is 0 Å². The monoisotopic (exact) mass is 471 g/mol. The van der Waals surface area contributed by atoms with E-state index in [-0.39, 0.29) is 12.5 Å². The number of benzene rings is 2. The number of amides is 1. The van der Waals surface area contributed by atoms with Crippen LogP contribution in [-0.4, -0.2) is 22.6 Å². The molecule has 5 nitrogen and oxygen atoms in total. The van der Waals surface area contributed by atoms with Gasteiger partial charge in [-0.1, -0.05) is 42.5 Å². The molecule has 0 spiro atoms. The third-order valence-corrected chi connectivity index (χ3v) is 6.35. The van der Waals surface area contributed by atoms with Crippen LogP contribution in [0.1, 0.15) is 54.2 Å². The Morgan fingerprint density at radius 3 is 2.53 bits per heavy atom. The average molecular weight is 472 g/mol. The summed E-state index contributed by atoms with van der Waals surface area (Å²) in [5, 5.41) is 2.85. The molecule has 0 bridgehead atoms. The Kier molecular flexibility index (Phi) is 7.24. The molecule has 1 amide bonds. The maximum atomic E-state index is 13.1. The molecule has 1 aliphatic rings. The number of halogens is 3. The molecule has 1 aromatic heterocycles. The fourth-order valence-corrected chi connectivity index (χ4v) is 4.44. The molecule has 2 aromatic carbocycles. The summed E-state index contributed by atoms with van der Waals surface area (Å²) in [5.74, 6) is 1.40. The van der Waals surface area contributed by atoms with Gasteiger partial charge in [0.15, 0.2) is 0 Å². The lowest BCUT2D eigenvalue weighted by Crippen LogP contribution is -2.31. The highest BCUT2D eigenvalue weighted by Crippen LogP contribution is 2.37. The molecule has 0 unspecified atom stereocenters. The number of alkyl halides is 3. The first kappa shape index (κ1) is 23.9. The van der Waals surface area contributed by atoms with Gasteiger partial charge in [-0.15, -0.1) is 0 Å². The number of aromatic amines is 1. The predicted molar refractivity (Wildman–Crippen MR) is 123 cm³/mol. The normalized spacial score (nSPS) is 18.5. The SMILES string of the molecule is Cc1[nH]c(C2CCC(CNC(=O)OCc3ccccc3)CC2)nc1-c1cccc(C(F)(F)F)c1. The summed E-state index contributed by atoms with van der Waals surface area (Å²) in [4.78, 5) is 19.9. The van der Waals surface area contributed by atoms with Gasteiger partial charge in [0.05, 0.1) is 11.3 Å². The van der Waals surface area contributed by atoms with E-state index in [9.17, 15) is 18.0 Å². The Bertz CT molecular complexity index is 1100. The van der Waals surface area contributed by atoms with Gasteiger partial charge < -0.3 is 15.0 Å². The summed E-state index contributed by atoms with van der Waals surface area (Å²) in [6, 6.07) is 14.8. The van der Waals surface area contributed by atoms with Gasteiger partial charge in [0.1, 0.15) is 12.4 Å². The lowest BCUT2D eigenvalue weighted by Gasteiger charge is -2.27. The highest BCUT2D eigenvalue weighted by molar-refractivity contribution is 5.67. The zero-order chi connectivity index (χ0) is 24.1. The van der Waals surface area contributed by atoms with E-state index in [1.54, 1.807) is 6.07 Å². The number of hydrogen-bond donors (Lipinski definition) is 2. The highest BCUT2D eigenvalue weighted by Gasteiger charge is 2.31. The predicted octanol–water partition coefficient (Wildman–Crippen LogP) is 6.60. The number of carbonyl (C=O) groups is 1. The van der Waals surface area contributed by atoms with Crippen LogP contribution in [0.2, 0.25) is 0 Å². The Hall–Kier alpha value is -3.29. The Labute approximate surface area is 196 Å². The van der Waals surface area contributed by atoms with Crippen molar-refractivity contribution in [2.24, 2.45) is 5.92 Å². The third-order valence-electron chi connectivity index (χ3n) is 6.35. The zero-order valence-electron chi connectivity index (χ0n) is 19.0. The van der Waals surface area contributed by atoms with Crippen LogP contribution in [-0.2, 0) is 17.5 Å². The van der Waals surface area contributed by atoms with Gasteiger partial charge in [-0.05, 0) is 56.2 Å². The van der Waals surface area contributed by atoms with Crippen molar-refractivity contribution in [3.05, 3.63) is 77.2 Å². The standard InChI is InChI=1S/C26H28F3N3O2/c1-17-23(21-8-5-9-22(14-21)26(27,28)29)32-24(31-17)20-12-10-18(11-13-20)15-30-25(33)34-16-19-6-3-2-4-7-19/h2-9,14,18,20H,10-13,15-16H2,1H3,(H,30,33)(H,31,32). The smallest absolute Gasteiger partial charge is 0.416 e. The summed E-state index contributed by atoms with van der Waals surface area (Å²) >= 11 is 0.